The number of β-amino-alcohol motifs (C(OH)–C–C–N with tert-alkyl or cyclic N) is 1. The minimum Gasteiger partial charge on any atom is -0.395 e. The third kappa shape index (κ3) is 2.89. The monoisotopic (exact) mass is 193 g/mol. The minimum atomic E-state index is -1.15. The van der Waals surface area contributed by atoms with Gasteiger partial charge in [0.05, 0.1) is 31.0 Å². The Kier molecular flexibility index (Phi) is 5.43. The molecule has 0 aromatic carbocycles. The van der Waals surface area contributed by atoms with Gasteiger partial charge in [0.2, 0.25) is 0 Å². The molecular formula is C8H19NO4. The average molecular weight is 193 g/mol. The molecule has 0 fully saturated rings. The van der Waals surface area contributed by atoms with Crippen LogP contribution >= 0.6 is 0 Å². The highest BCUT2D eigenvalue weighted by atomic mass is 16.3. The van der Waals surface area contributed by atoms with Crippen molar-refractivity contribution in [1.29, 1.82) is 0 Å². The van der Waals surface area contributed by atoms with E-state index in [-0.39, 0.29) is 19.8 Å². The first kappa shape index (κ1) is 12.8. The number of rotatable bonds is 6. The Labute approximate surface area is 78.0 Å². The fraction of sp³-hybridized carbons (Fsp3) is 1.00. The van der Waals surface area contributed by atoms with Gasteiger partial charge in [-0.25, -0.2) is 0 Å². The first-order valence-electron chi connectivity index (χ1n) is 4.34. The van der Waals surface area contributed by atoms with E-state index in [1.807, 2.05) is 0 Å². The van der Waals surface area contributed by atoms with Crippen molar-refractivity contribution in [3.8, 4) is 0 Å². The van der Waals surface area contributed by atoms with Crippen molar-refractivity contribution in [3.05, 3.63) is 0 Å². The summed E-state index contributed by atoms with van der Waals surface area (Å²) in [6.07, 6.45) is -1.80. The van der Waals surface area contributed by atoms with Gasteiger partial charge in [0.25, 0.3) is 0 Å². The van der Waals surface area contributed by atoms with Gasteiger partial charge in [-0.3, -0.25) is 0 Å². The van der Waals surface area contributed by atoms with Crippen LogP contribution in [-0.2, 0) is 0 Å². The molecular weight excluding hydrogens is 174 g/mol. The summed E-state index contributed by atoms with van der Waals surface area (Å²) in [6.45, 7) is 2.68. The molecule has 0 spiro atoms. The molecule has 0 aliphatic heterocycles. The molecule has 0 aliphatic carbocycles. The molecule has 2 unspecified atom stereocenters. The van der Waals surface area contributed by atoms with Crippen molar-refractivity contribution in [2.24, 2.45) is 0 Å². The molecule has 2 atom stereocenters. The van der Waals surface area contributed by atoms with Crippen LogP contribution in [0, 0.1) is 0 Å². The third-order valence-electron chi connectivity index (χ3n) is 2.32. The van der Waals surface area contributed by atoms with Gasteiger partial charge in [0, 0.05) is 6.54 Å². The fourth-order valence-corrected chi connectivity index (χ4v) is 1.25. The molecule has 0 amide bonds. The summed E-state index contributed by atoms with van der Waals surface area (Å²) in [5.74, 6) is 0. The van der Waals surface area contributed by atoms with Gasteiger partial charge < -0.3 is 25.7 Å². The van der Waals surface area contributed by atoms with E-state index in [4.69, 9.17) is 10.2 Å². The summed E-state index contributed by atoms with van der Waals surface area (Å²) in [4.78, 5) is 0. The number of hydrogen-bond donors (Lipinski definition) is 5. The molecule has 0 rings (SSSR count). The highest BCUT2D eigenvalue weighted by Crippen LogP contribution is 2.15. The maximum atomic E-state index is 9.40. The first-order chi connectivity index (χ1) is 6.01. The van der Waals surface area contributed by atoms with Gasteiger partial charge in [0.15, 0.2) is 0 Å². The number of hydrogen-bond acceptors (Lipinski definition) is 5. The summed E-state index contributed by atoms with van der Waals surface area (Å²) >= 11 is 0. The van der Waals surface area contributed by atoms with Crippen LogP contribution in [-0.4, -0.2) is 57.9 Å². The molecule has 0 bridgehead atoms. The van der Waals surface area contributed by atoms with Crippen LogP contribution in [0.1, 0.15) is 13.8 Å². The van der Waals surface area contributed by atoms with Crippen molar-refractivity contribution in [2.75, 3.05) is 19.8 Å². The summed E-state index contributed by atoms with van der Waals surface area (Å²) in [7, 11) is 0. The van der Waals surface area contributed by atoms with E-state index in [0.717, 1.165) is 0 Å². The second kappa shape index (κ2) is 5.51. The van der Waals surface area contributed by atoms with Crippen LogP contribution in [0.2, 0.25) is 0 Å². The van der Waals surface area contributed by atoms with Gasteiger partial charge >= 0.3 is 0 Å². The molecule has 5 heteroatoms. The van der Waals surface area contributed by atoms with Crippen LogP contribution in [0.4, 0.5) is 0 Å². The normalized spacial score (nSPS) is 20.8. The maximum Gasteiger partial charge on any atom is 0.0934 e. The van der Waals surface area contributed by atoms with E-state index in [1.165, 1.54) is 13.8 Å². The van der Waals surface area contributed by atoms with Crippen LogP contribution in [0.3, 0.4) is 0 Å². The lowest BCUT2D eigenvalue weighted by Crippen LogP contribution is -2.63. The van der Waals surface area contributed by atoms with Gasteiger partial charge in [-0.15, -0.1) is 0 Å². The van der Waals surface area contributed by atoms with Gasteiger partial charge in [0.1, 0.15) is 0 Å². The Balaban J connectivity index is 4.45. The topological polar surface area (TPSA) is 93.0 Å². The van der Waals surface area contributed by atoms with E-state index in [1.54, 1.807) is 0 Å². The lowest BCUT2D eigenvalue weighted by Gasteiger charge is -2.38. The standard InChI is InChI=1S/C8H19NO4/c1-6(12)8(5-11,7(2)13)9-3-4-10/h6-7,9-13H,3-5H2,1-2H3. The number of nitrogens with one attached hydrogen (secondary N) is 1. The van der Waals surface area contributed by atoms with Gasteiger partial charge in [-0.2, -0.15) is 0 Å². The van der Waals surface area contributed by atoms with E-state index >= 15 is 0 Å². The van der Waals surface area contributed by atoms with Crippen LogP contribution in [0.5, 0.6) is 0 Å². The quantitative estimate of drug-likeness (QED) is 0.338. The predicted octanol–water partition coefficient (Wildman–Crippen LogP) is -1.94. The Morgan fingerprint density at radius 1 is 1.15 bits per heavy atom. The van der Waals surface area contributed by atoms with Crippen LogP contribution < -0.4 is 5.32 Å². The molecule has 0 aliphatic rings. The van der Waals surface area contributed by atoms with E-state index in [2.05, 4.69) is 5.32 Å². The first-order valence-corrected chi connectivity index (χ1v) is 4.34. The summed E-state index contributed by atoms with van der Waals surface area (Å²) in [5.41, 5.74) is -1.15. The number of aliphatic hydroxyl groups excluding tert-OH is 4. The predicted molar refractivity (Wildman–Crippen MR) is 48.3 cm³/mol. The van der Waals surface area contributed by atoms with Crippen molar-refractivity contribution < 1.29 is 20.4 Å². The molecule has 0 saturated carbocycles. The Morgan fingerprint density at radius 2 is 1.62 bits per heavy atom. The molecule has 0 aromatic heterocycles. The summed E-state index contributed by atoms with van der Waals surface area (Å²) in [5, 5.41) is 39.2. The molecule has 0 heterocycles. The average Bonchev–Trinajstić information content (AvgIpc) is 2.05. The minimum absolute atomic E-state index is 0.110. The molecule has 5 nitrogen and oxygen atoms in total. The Bertz CT molecular complexity index is 130. The Hall–Kier alpha value is -0.200. The lowest BCUT2D eigenvalue weighted by molar-refractivity contribution is -0.0474. The zero-order chi connectivity index (χ0) is 10.5. The van der Waals surface area contributed by atoms with Crippen molar-refractivity contribution in [1.82, 2.24) is 5.32 Å². The molecule has 5 N–H and O–H groups in total. The Morgan fingerprint density at radius 3 is 1.85 bits per heavy atom. The zero-order valence-corrected chi connectivity index (χ0v) is 8.06. The summed E-state index contributed by atoms with van der Waals surface area (Å²) < 4.78 is 0. The largest absolute Gasteiger partial charge is 0.395 e. The third-order valence-corrected chi connectivity index (χ3v) is 2.32. The molecule has 0 saturated heterocycles. The van der Waals surface area contributed by atoms with Crippen LogP contribution in [0.25, 0.3) is 0 Å². The molecule has 13 heavy (non-hydrogen) atoms. The van der Waals surface area contributed by atoms with E-state index < -0.39 is 17.7 Å². The smallest absolute Gasteiger partial charge is 0.0934 e. The molecule has 80 valence electrons. The van der Waals surface area contributed by atoms with E-state index in [0.29, 0.717) is 0 Å². The maximum absolute atomic E-state index is 9.40. The summed E-state index contributed by atoms with van der Waals surface area (Å²) in [6, 6.07) is 0. The second-order valence-corrected chi connectivity index (χ2v) is 3.20. The zero-order valence-electron chi connectivity index (χ0n) is 8.06. The highest BCUT2D eigenvalue weighted by molar-refractivity contribution is 4.97. The highest BCUT2D eigenvalue weighted by Gasteiger charge is 2.38. The lowest BCUT2D eigenvalue weighted by atomic mass is 9.88. The van der Waals surface area contributed by atoms with Crippen molar-refractivity contribution >= 4 is 0 Å². The van der Waals surface area contributed by atoms with Gasteiger partial charge in [-0.05, 0) is 13.8 Å². The van der Waals surface area contributed by atoms with Crippen LogP contribution in [0.15, 0.2) is 0 Å². The number of aliphatic hydroxyl groups is 4. The van der Waals surface area contributed by atoms with Crippen molar-refractivity contribution in [3.63, 3.8) is 0 Å². The SMILES string of the molecule is CC(O)C(CO)(NCCO)C(C)O. The van der Waals surface area contributed by atoms with Gasteiger partial charge in [-0.1, -0.05) is 0 Å². The second-order valence-electron chi connectivity index (χ2n) is 3.20. The van der Waals surface area contributed by atoms with E-state index in [9.17, 15) is 10.2 Å². The van der Waals surface area contributed by atoms with Crippen molar-refractivity contribution in [2.45, 2.75) is 31.6 Å². The molecule has 0 radical (unpaired) electrons. The molecule has 0 aromatic rings. The fourth-order valence-electron chi connectivity index (χ4n) is 1.25.